The summed E-state index contributed by atoms with van der Waals surface area (Å²) in [5.41, 5.74) is 1.19. The molecule has 1 unspecified atom stereocenters. The van der Waals surface area contributed by atoms with Crippen LogP contribution in [0.25, 0.3) is 11.0 Å². The van der Waals surface area contributed by atoms with Gasteiger partial charge >= 0.3 is 7.98 Å². The van der Waals surface area contributed by atoms with E-state index in [9.17, 15) is 5.11 Å². The SMILES string of the molecule is B[N+]12CCC(CC1)C(O)(CNC(=S)Nc1nc3ccccc3[nH]1)C2. The Hall–Kier alpha value is -1.64. The van der Waals surface area contributed by atoms with E-state index in [-0.39, 0.29) is 0 Å². The highest BCUT2D eigenvalue weighted by atomic mass is 32.1. The number of thiocarbonyl (C=S) groups is 1. The van der Waals surface area contributed by atoms with Crippen molar-refractivity contribution in [2.75, 3.05) is 31.5 Å². The van der Waals surface area contributed by atoms with Crippen molar-refractivity contribution in [3.63, 3.8) is 0 Å². The van der Waals surface area contributed by atoms with Gasteiger partial charge in [0.1, 0.15) is 5.60 Å². The predicted octanol–water partition coefficient (Wildman–Crippen LogP) is 0.369. The number of aliphatic hydroxyl groups is 1. The second-order valence-corrected chi connectivity index (χ2v) is 7.92. The van der Waals surface area contributed by atoms with Crippen LogP contribution in [0.2, 0.25) is 0 Å². The zero-order valence-corrected chi connectivity index (χ0v) is 14.7. The molecule has 4 N–H and O–H groups in total. The van der Waals surface area contributed by atoms with Gasteiger partial charge in [0.25, 0.3) is 0 Å². The fourth-order valence-corrected chi connectivity index (χ4v) is 4.44. The van der Waals surface area contributed by atoms with Gasteiger partial charge in [0.05, 0.1) is 37.2 Å². The minimum Gasteiger partial charge on any atom is -0.397 e. The summed E-state index contributed by atoms with van der Waals surface area (Å²) in [6.07, 6.45) is 2.19. The van der Waals surface area contributed by atoms with Gasteiger partial charge in [0.15, 0.2) is 5.11 Å². The number of benzene rings is 1. The molecule has 1 atom stereocenters. The molecule has 0 amide bonds. The van der Waals surface area contributed by atoms with Gasteiger partial charge in [-0.25, -0.2) is 4.98 Å². The van der Waals surface area contributed by atoms with E-state index in [1.54, 1.807) is 0 Å². The smallest absolute Gasteiger partial charge is 0.372 e. The molecule has 6 nitrogen and oxygen atoms in total. The van der Waals surface area contributed by atoms with Crippen molar-refractivity contribution in [1.82, 2.24) is 15.3 Å². The lowest BCUT2D eigenvalue weighted by molar-refractivity contribution is -0.846. The molecule has 0 spiro atoms. The van der Waals surface area contributed by atoms with Crippen molar-refractivity contribution in [3.05, 3.63) is 24.3 Å². The Labute approximate surface area is 147 Å². The van der Waals surface area contributed by atoms with Crippen LogP contribution in [0.3, 0.4) is 0 Å². The summed E-state index contributed by atoms with van der Waals surface area (Å²) in [7, 11) is 2.24. The number of para-hydroxylation sites is 2. The van der Waals surface area contributed by atoms with Crippen molar-refractivity contribution >= 4 is 42.3 Å². The number of aromatic amines is 1. The average molecular weight is 344 g/mol. The van der Waals surface area contributed by atoms with E-state index in [2.05, 4.69) is 28.6 Å². The molecule has 1 aromatic carbocycles. The highest BCUT2D eigenvalue weighted by Crippen LogP contribution is 2.38. The van der Waals surface area contributed by atoms with Crippen molar-refractivity contribution in [2.45, 2.75) is 18.4 Å². The highest BCUT2D eigenvalue weighted by molar-refractivity contribution is 7.80. The highest BCUT2D eigenvalue weighted by Gasteiger charge is 2.51. The predicted molar refractivity (Wildman–Crippen MR) is 101 cm³/mol. The van der Waals surface area contributed by atoms with Crippen LogP contribution in [0.4, 0.5) is 5.95 Å². The van der Waals surface area contributed by atoms with Gasteiger partial charge in [-0.3, -0.25) is 0 Å². The van der Waals surface area contributed by atoms with Crippen LogP contribution < -0.4 is 10.6 Å². The Morgan fingerprint density at radius 1 is 1.42 bits per heavy atom. The number of H-pyrrole nitrogens is 1. The topological polar surface area (TPSA) is 73.0 Å². The van der Waals surface area contributed by atoms with Crippen LogP contribution in [-0.4, -0.2) is 64.3 Å². The first kappa shape index (κ1) is 15.9. The number of nitrogens with zero attached hydrogens (tertiary/aromatic N) is 2. The second kappa shape index (κ2) is 5.72. The van der Waals surface area contributed by atoms with E-state index in [4.69, 9.17) is 12.2 Å². The number of imidazole rings is 1. The molecule has 3 aliphatic heterocycles. The first-order valence-corrected chi connectivity index (χ1v) is 8.92. The van der Waals surface area contributed by atoms with Crippen LogP contribution in [0.5, 0.6) is 0 Å². The fraction of sp³-hybridized carbons (Fsp3) is 0.500. The monoisotopic (exact) mass is 344 g/mol. The number of quaternary nitrogens is 1. The summed E-state index contributed by atoms with van der Waals surface area (Å²) in [6, 6.07) is 7.85. The van der Waals surface area contributed by atoms with Gasteiger partial charge in [-0.1, -0.05) is 12.1 Å². The van der Waals surface area contributed by atoms with E-state index in [1.807, 2.05) is 24.3 Å². The van der Waals surface area contributed by atoms with Gasteiger partial charge in [0, 0.05) is 18.8 Å². The normalized spacial score (nSPS) is 32.0. The maximum absolute atomic E-state index is 11.1. The van der Waals surface area contributed by atoms with Crippen molar-refractivity contribution < 1.29 is 9.50 Å². The summed E-state index contributed by atoms with van der Waals surface area (Å²) in [4.78, 5) is 7.65. The van der Waals surface area contributed by atoms with E-state index < -0.39 is 5.60 Å². The minimum atomic E-state index is -0.676. The summed E-state index contributed by atoms with van der Waals surface area (Å²) >= 11 is 5.37. The molecule has 3 fully saturated rings. The zero-order chi connectivity index (χ0) is 16.8. The second-order valence-electron chi connectivity index (χ2n) is 7.51. The molecule has 24 heavy (non-hydrogen) atoms. The molecule has 126 valence electrons. The standard InChI is InChI=1S/C16H22BN5OS/c17-22-7-5-11(6-8-22)16(23,10-22)9-18-15(24)21-14-19-12-3-1-2-4-13(12)20-14/h1-4,11,23H,5-10,17H2,(H2-,18,19,20,21,24)/p+1. The first-order valence-electron chi connectivity index (χ1n) is 8.51. The number of rotatable bonds is 3. The maximum Gasteiger partial charge on any atom is 0.372 e. The molecule has 4 heterocycles. The van der Waals surface area contributed by atoms with E-state index in [0.29, 0.717) is 23.5 Å². The number of piperidine rings is 3. The molecular formula is C16H23BN5OS+. The number of anilines is 1. The van der Waals surface area contributed by atoms with E-state index in [0.717, 1.165) is 34.8 Å². The summed E-state index contributed by atoms with van der Waals surface area (Å²) in [6.45, 7) is 3.64. The van der Waals surface area contributed by atoms with Crippen LogP contribution in [0.1, 0.15) is 12.8 Å². The largest absolute Gasteiger partial charge is 0.397 e. The number of hydrogen-bond donors (Lipinski definition) is 4. The molecule has 3 saturated heterocycles. The van der Waals surface area contributed by atoms with Crippen LogP contribution >= 0.6 is 12.2 Å². The molecular weight excluding hydrogens is 321 g/mol. The Bertz CT molecular complexity index is 740. The van der Waals surface area contributed by atoms with Crippen molar-refractivity contribution in [3.8, 4) is 0 Å². The van der Waals surface area contributed by atoms with Crippen LogP contribution in [-0.2, 0) is 0 Å². The van der Waals surface area contributed by atoms with Crippen LogP contribution in [0.15, 0.2) is 24.3 Å². The van der Waals surface area contributed by atoms with Crippen molar-refractivity contribution in [1.29, 1.82) is 0 Å². The Balaban J connectivity index is 1.38. The average Bonchev–Trinajstić information content (AvgIpc) is 2.95. The Morgan fingerprint density at radius 3 is 2.88 bits per heavy atom. The third kappa shape index (κ3) is 2.89. The van der Waals surface area contributed by atoms with E-state index >= 15 is 0 Å². The van der Waals surface area contributed by atoms with Crippen LogP contribution in [0, 0.1) is 5.92 Å². The van der Waals surface area contributed by atoms with Crippen molar-refractivity contribution in [2.24, 2.45) is 5.92 Å². The maximum atomic E-state index is 11.1. The lowest BCUT2D eigenvalue weighted by Gasteiger charge is -2.56. The quantitative estimate of drug-likeness (QED) is 0.478. The van der Waals surface area contributed by atoms with Gasteiger partial charge < -0.3 is 25.1 Å². The fourth-order valence-electron chi connectivity index (χ4n) is 4.27. The Kier molecular flexibility index (Phi) is 3.78. The van der Waals surface area contributed by atoms with Gasteiger partial charge in [-0.05, 0) is 24.4 Å². The molecule has 2 bridgehead atoms. The molecule has 0 aliphatic carbocycles. The molecule has 2 aromatic rings. The lowest BCUT2D eigenvalue weighted by atomic mass is 9.72. The zero-order valence-electron chi connectivity index (χ0n) is 13.9. The number of nitrogens with one attached hydrogen (secondary N) is 3. The van der Waals surface area contributed by atoms with E-state index in [1.165, 1.54) is 13.1 Å². The Morgan fingerprint density at radius 2 is 2.17 bits per heavy atom. The first-order chi connectivity index (χ1) is 11.5. The third-order valence-corrected chi connectivity index (χ3v) is 5.87. The van der Waals surface area contributed by atoms with Gasteiger partial charge in [-0.2, -0.15) is 0 Å². The molecule has 5 rings (SSSR count). The number of aromatic nitrogens is 2. The number of hydrogen-bond acceptors (Lipinski definition) is 3. The summed E-state index contributed by atoms with van der Waals surface area (Å²) in [5, 5.41) is 17.8. The molecule has 0 radical (unpaired) electrons. The van der Waals surface area contributed by atoms with Gasteiger partial charge in [-0.15, -0.1) is 0 Å². The lowest BCUT2D eigenvalue weighted by Crippen LogP contribution is -2.70. The molecule has 1 aromatic heterocycles. The van der Waals surface area contributed by atoms with Gasteiger partial charge in [0.2, 0.25) is 5.95 Å². The minimum absolute atomic E-state index is 0.374. The summed E-state index contributed by atoms with van der Waals surface area (Å²) in [5.74, 6) is 0.993. The molecule has 8 heteroatoms. The molecule has 3 aliphatic rings. The summed E-state index contributed by atoms with van der Waals surface area (Å²) < 4.78 is 0.971. The third-order valence-electron chi connectivity index (χ3n) is 5.63. The molecule has 0 saturated carbocycles. The number of fused-ring (bicyclic) bond motifs is 4.